The molecule has 2 rings (SSSR count). The standard InChI is InChI=1S/C32H48N2O2S/c1-5-28(26(3)15-9-8-14-24-37-4)21-22-34(6-2)30-25-29(32(33)35)19-20-31(30)36-23-13-12-18-27-16-10-7-11-17-27/h7,9-11,15-17,19-20,25-26,28H,5-6,8,12-14,18,21-24H2,1-4H3,(H2,33,35)/b15-9+/t26-,28+/m0/s1. The largest absolute Gasteiger partial charge is 0.491 e. The second kappa shape index (κ2) is 18.0. The number of unbranched alkanes of at least 4 members (excludes halogenated alkanes) is 2. The molecule has 0 aliphatic heterocycles. The van der Waals surface area contributed by atoms with Crippen LogP contribution in [0, 0.1) is 11.8 Å². The minimum absolute atomic E-state index is 0.404. The number of ether oxygens (including phenoxy) is 1. The highest BCUT2D eigenvalue weighted by molar-refractivity contribution is 7.98. The second-order valence-corrected chi connectivity index (χ2v) is 10.8. The Kier molecular flexibility index (Phi) is 15.0. The van der Waals surface area contributed by atoms with Gasteiger partial charge in [0.25, 0.3) is 0 Å². The van der Waals surface area contributed by atoms with Crippen molar-refractivity contribution in [3.63, 3.8) is 0 Å². The molecular formula is C32H48N2O2S. The van der Waals surface area contributed by atoms with Crippen LogP contribution in [0.25, 0.3) is 0 Å². The first-order valence-electron chi connectivity index (χ1n) is 14.0. The molecule has 4 nitrogen and oxygen atoms in total. The van der Waals surface area contributed by atoms with Crippen molar-refractivity contribution < 1.29 is 9.53 Å². The Morgan fingerprint density at radius 3 is 2.57 bits per heavy atom. The Morgan fingerprint density at radius 2 is 1.89 bits per heavy atom. The van der Waals surface area contributed by atoms with Gasteiger partial charge in [-0.15, -0.1) is 0 Å². The summed E-state index contributed by atoms with van der Waals surface area (Å²) in [7, 11) is 0. The summed E-state index contributed by atoms with van der Waals surface area (Å²) in [6, 6.07) is 16.2. The van der Waals surface area contributed by atoms with Gasteiger partial charge in [0.05, 0.1) is 12.3 Å². The Morgan fingerprint density at radius 1 is 1.11 bits per heavy atom. The smallest absolute Gasteiger partial charge is 0.248 e. The first-order chi connectivity index (χ1) is 18.0. The Hall–Kier alpha value is -2.40. The lowest BCUT2D eigenvalue weighted by atomic mass is 9.88. The van der Waals surface area contributed by atoms with E-state index in [0.717, 1.165) is 63.1 Å². The molecule has 0 saturated carbocycles. The van der Waals surface area contributed by atoms with Crippen LogP contribution in [0.1, 0.15) is 75.2 Å². The van der Waals surface area contributed by atoms with E-state index < -0.39 is 5.91 Å². The van der Waals surface area contributed by atoms with Crippen molar-refractivity contribution in [3.8, 4) is 5.75 Å². The van der Waals surface area contributed by atoms with Crippen molar-refractivity contribution in [3.05, 3.63) is 71.8 Å². The van der Waals surface area contributed by atoms with Gasteiger partial charge < -0.3 is 15.4 Å². The Labute approximate surface area is 230 Å². The highest BCUT2D eigenvalue weighted by Gasteiger charge is 2.18. The average molecular weight is 525 g/mol. The molecular weight excluding hydrogens is 476 g/mol. The second-order valence-electron chi connectivity index (χ2n) is 9.80. The predicted octanol–water partition coefficient (Wildman–Crippen LogP) is 7.77. The zero-order valence-electron chi connectivity index (χ0n) is 23.5. The van der Waals surface area contributed by atoms with E-state index in [1.807, 2.05) is 23.9 Å². The number of carbonyl (C=O) groups excluding carboxylic acids is 1. The van der Waals surface area contributed by atoms with Gasteiger partial charge in [0.15, 0.2) is 0 Å². The molecule has 0 fully saturated rings. The number of carbonyl (C=O) groups is 1. The van der Waals surface area contributed by atoms with Crippen molar-refractivity contribution >= 4 is 23.4 Å². The lowest BCUT2D eigenvalue weighted by Crippen LogP contribution is -2.28. The molecule has 0 saturated heterocycles. The summed E-state index contributed by atoms with van der Waals surface area (Å²) in [5, 5.41) is 0. The first kappa shape index (κ1) is 30.8. The number of aryl methyl sites for hydroxylation is 1. The summed E-state index contributed by atoms with van der Waals surface area (Å²) in [6.07, 6.45) is 14.7. The van der Waals surface area contributed by atoms with Crippen LogP contribution in [-0.4, -0.2) is 37.6 Å². The lowest BCUT2D eigenvalue weighted by Gasteiger charge is -2.29. The van der Waals surface area contributed by atoms with E-state index in [9.17, 15) is 4.79 Å². The molecule has 0 aliphatic carbocycles. The van der Waals surface area contributed by atoms with E-state index in [4.69, 9.17) is 10.5 Å². The van der Waals surface area contributed by atoms with Crippen LogP contribution < -0.4 is 15.4 Å². The summed E-state index contributed by atoms with van der Waals surface area (Å²) in [5.41, 5.74) is 8.48. The molecule has 0 bridgehead atoms. The molecule has 2 atom stereocenters. The van der Waals surface area contributed by atoms with Crippen LogP contribution in [0.3, 0.4) is 0 Å². The van der Waals surface area contributed by atoms with E-state index in [2.05, 4.69) is 74.4 Å². The monoisotopic (exact) mass is 524 g/mol. The van der Waals surface area contributed by atoms with Crippen LogP contribution in [-0.2, 0) is 6.42 Å². The Balaban J connectivity index is 2.00. The fourth-order valence-electron chi connectivity index (χ4n) is 4.72. The normalized spacial score (nSPS) is 13.0. The fourth-order valence-corrected chi connectivity index (χ4v) is 5.18. The van der Waals surface area contributed by atoms with Gasteiger partial charge in [-0.3, -0.25) is 4.79 Å². The number of thioether (sulfide) groups is 1. The maximum Gasteiger partial charge on any atom is 0.248 e. The molecule has 37 heavy (non-hydrogen) atoms. The minimum atomic E-state index is -0.404. The van der Waals surface area contributed by atoms with Crippen molar-refractivity contribution in [1.29, 1.82) is 0 Å². The van der Waals surface area contributed by atoms with Gasteiger partial charge in [-0.2, -0.15) is 11.8 Å². The first-order valence-corrected chi connectivity index (χ1v) is 15.4. The average Bonchev–Trinajstić information content (AvgIpc) is 2.91. The van der Waals surface area contributed by atoms with E-state index in [-0.39, 0.29) is 0 Å². The fraction of sp³-hybridized carbons (Fsp3) is 0.531. The molecule has 0 spiro atoms. The third-order valence-corrected chi connectivity index (χ3v) is 7.82. The molecule has 2 N–H and O–H groups in total. The van der Waals surface area contributed by atoms with Gasteiger partial charge in [0, 0.05) is 18.7 Å². The van der Waals surface area contributed by atoms with E-state index in [1.165, 1.54) is 17.7 Å². The van der Waals surface area contributed by atoms with Crippen LogP contribution in [0.2, 0.25) is 0 Å². The molecule has 2 aromatic carbocycles. The zero-order chi connectivity index (χ0) is 26.9. The molecule has 5 heteroatoms. The van der Waals surface area contributed by atoms with Gasteiger partial charge >= 0.3 is 0 Å². The van der Waals surface area contributed by atoms with Gasteiger partial charge in [0.2, 0.25) is 5.91 Å². The number of rotatable bonds is 19. The van der Waals surface area contributed by atoms with Crippen LogP contribution in [0.4, 0.5) is 5.69 Å². The SMILES string of the molecule is CC[C@H](CCN(CC)c1cc(C(N)=O)ccc1OCCCCc1ccccc1)[C@@H](C)/C=C/CCCSC. The Bertz CT molecular complexity index is 932. The maximum absolute atomic E-state index is 11.9. The van der Waals surface area contributed by atoms with Crippen molar-refractivity contribution in [1.82, 2.24) is 0 Å². The molecule has 204 valence electrons. The number of benzene rings is 2. The van der Waals surface area contributed by atoms with Crippen molar-refractivity contribution in [2.24, 2.45) is 17.6 Å². The molecule has 1 amide bonds. The lowest BCUT2D eigenvalue weighted by molar-refractivity contribution is 0.1000. The van der Waals surface area contributed by atoms with Crippen LogP contribution in [0.15, 0.2) is 60.7 Å². The van der Waals surface area contributed by atoms with Crippen molar-refractivity contribution in [2.45, 2.75) is 65.7 Å². The van der Waals surface area contributed by atoms with E-state index in [0.29, 0.717) is 24.0 Å². The van der Waals surface area contributed by atoms with Gasteiger partial charge in [-0.25, -0.2) is 0 Å². The number of amides is 1. The number of nitrogens with zero attached hydrogens (tertiary/aromatic N) is 1. The number of allylic oxidation sites excluding steroid dienone is 2. The molecule has 0 aliphatic rings. The maximum atomic E-state index is 11.9. The molecule has 0 heterocycles. The van der Waals surface area contributed by atoms with E-state index >= 15 is 0 Å². The number of nitrogens with two attached hydrogens (primary N) is 1. The summed E-state index contributed by atoms with van der Waals surface area (Å²) in [5.74, 6) is 2.82. The number of anilines is 1. The van der Waals surface area contributed by atoms with Gasteiger partial charge in [-0.05, 0) is 93.1 Å². The molecule has 2 aromatic rings. The summed E-state index contributed by atoms with van der Waals surface area (Å²) in [6.45, 7) is 9.22. The topological polar surface area (TPSA) is 55.6 Å². The summed E-state index contributed by atoms with van der Waals surface area (Å²) < 4.78 is 6.25. The molecule has 0 aromatic heterocycles. The summed E-state index contributed by atoms with van der Waals surface area (Å²) in [4.78, 5) is 14.3. The van der Waals surface area contributed by atoms with Crippen LogP contribution in [0.5, 0.6) is 5.75 Å². The zero-order valence-corrected chi connectivity index (χ0v) is 24.3. The minimum Gasteiger partial charge on any atom is -0.491 e. The number of primary amides is 1. The van der Waals surface area contributed by atoms with Crippen molar-refractivity contribution in [2.75, 3.05) is 36.6 Å². The highest BCUT2D eigenvalue weighted by atomic mass is 32.2. The van der Waals surface area contributed by atoms with E-state index in [1.54, 1.807) is 6.07 Å². The summed E-state index contributed by atoms with van der Waals surface area (Å²) >= 11 is 1.91. The van der Waals surface area contributed by atoms with Gasteiger partial charge in [0.1, 0.15) is 5.75 Å². The number of hydrogen-bond donors (Lipinski definition) is 1. The molecule has 0 radical (unpaired) electrons. The predicted molar refractivity (Wildman–Crippen MR) is 162 cm³/mol. The quantitative estimate of drug-likeness (QED) is 0.151. The van der Waals surface area contributed by atoms with Crippen LogP contribution >= 0.6 is 11.8 Å². The highest BCUT2D eigenvalue weighted by Crippen LogP contribution is 2.31. The third kappa shape index (κ3) is 11.3. The number of hydrogen-bond acceptors (Lipinski definition) is 4. The molecule has 0 unspecified atom stereocenters. The van der Waals surface area contributed by atoms with Gasteiger partial charge in [-0.1, -0.05) is 62.8 Å². The third-order valence-electron chi connectivity index (χ3n) is 7.12.